The molecule has 0 aromatic heterocycles. The lowest BCUT2D eigenvalue weighted by Gasteiger charge is -2.30. The van der Waals surface area contributed by atoms with E-state index in [4.69, 9.17) is 4.74 Å². The minimum Gasteiger partial charge on any atom is -0.468 e. The van der Waals surface area contributed by atoms with Crippen LogP contribution >= 0.6 is 0 Å². The highest BCUT2D eigenvalue weighted by Crippen LogP contribution is 2.15. The van der Waals surface area contributed by atoms with Crippen LogP contribution in [0.3, 0.4) is 0 Å². The lowest BCUT2D eigenvalue weighted by atomic mass is 9.97. The summed E-state index contributed by atoms with van der Waals surface area (Å²) in [4.78, 5) is 14.3. The fraction of sp³-hybridized carbons (Fsp3) is 0.929. The van der Waals surface area contributed by atoms with Crippen molar-refractivity contribution in [2.75, 3.05) is 33.3 Å². The highest BCUT2D eigenvalue weighted by Gasteiger charge is 2.33. The summed E-state index contributed by atoms with van der Waals surface area (Å²) in [7, 11) is 1.46. The molecule has 1 aliphatic heterocycles. The lowest BCUT2D eigenvalue weighted by molar-refractivity contribution is -0.148. The first kappa shape index (κ1) is 15.4. The average molecular weight is 256 g/mol. The van der Waals surface area contributed by atoms with Gasteiger partial charge in [-0.3, -0.25) is 4.79 Å². The number of likely N-dealkylation sites (tertiary alicyclic amines) is 1. The third kappa shape index (κ3) is 4.58. The van der Waals surface area contributed by atoms with Crippen LogP contribution in [0, 0.1) is 0 Å². The van der Waals surface area contributed by atoms with Crippen LogP contribution in [0.5, 0.6) is 0 Å². The van der Waals surface area contributed by atoms with E-state index in [2.05, 4.69) is 10.2 Å². The molecule has 18 heavy (non-hydrogen) atoms. The Hall–Kier alpha value is -0.610. The fourth-order valence-electron chi connectivity index (χ4n) is 2.62. The standard InChI is InChI=1S/C14H28N2O2/c1-4-15-14(2,13(17)18-3)9-12-16-10-7-5-6-8-11-16/h15H,4-12H2,1-3H3. The van der Waals surface area contributed by atoms with E-state index < -0.39 is 5.54 Å². The Morgan fingerprint density at radius 3 is 2.39 bits per heavy atom. The van der Waals surface area contributed by atoms with Gasteiger partial charge in [0.2, 0.25) is 0 Å². The molecule has 1 heterocycles. The minimum atomic E-state index is -0.546. The summed E-state index contributed by atoms with van der Waals surface area (Å²) in [6, 6.07) is 0. The smallest absolute Gasteiger partial charge is 0.325 e. The zero-order valence-electron chi connectivity index (χ0n) is 12.1. The number of carbonyl (C=O) groups excluding carboxylic acids is 1. The number of carbonyl (C=O) groups is 1. The number of hydrogen-bond acceptors (Lipinski definition) is 4. The molecule has 4 nitrogen and oxygen atoms in total. The Morgan fingerprint density at radius 2 is 1.89 bits per heavy atom. The van der Waals surface area contributed by atoms with Crippen LogP contribution in [0.2, 0.25) is 0 Å². The van der Waals surface area contributed by atoms with Crippen molar-refractivity contribution in [3.05, 3.63) is 0 Å². The van der Waals surface area contributed by atoms with Gasteiger partial charge in [0.15, 0.2) is 0 Å². The average Bonchev–Trinajstić information content (AvgIpc) is 2.64. The summed E-state index contributed by atoms with van der Waals surface area (Å²) in [5.74, 6) is -0.154. The molecule has 0 amide bonds. The van der Waals surface area contributed by atoms with E-state index in [1.54, 1.807) is 0 Å². The molecule has 1 aliphatic rings. The first-order valence-electron chi connectivity index (χ1n) is 7.18. The van der Waals surface area contributed by atoms with Gasteiger partial charge in [-0.15, -0.1) is 0 Å². The molecular formula is C14H28N2O2. The second kappa shape index (κ2) is 7.74. The van der Waals surface area contributed by atoms with E-state index in [-0.39, 0.29) is 5.97 Å². The van der Waals surface area contributed by atoms with Gasteiger partial charge in [0.05, 0.1) is 7.11 Å². The molecule has 1 atom stereocenters. The Balaban J connectivity index is 2.47. The third-order valence-corrected chi connectivity index (χ3v) is 3.83. The topological polar surface area (TPSA) is 41.6 Å². The van der Waals surface area contributed by atoms with Crippen molar-refractivity contribution >= 4 is 5.97 Å². The molecule has 1 N–H and O–H groups in total. The number of hydrogen-bond donors (Lipinski definition) is 1. The van der Waals surface area contributed by atoms with Crippen molar-refractivity contribution in [2.45, 2.75) is 51.5 Å². The zero-order chi connectivity index (χ0) is 13.4. The number of ether oxygens (including phenoxy) is 1. The molecular weight excluding hydrogens is 228 g/mol. The van der Waals surface area contributed by atoms with Gasteiger partial charge in [0.1, 0.15) is 5.54 Å². The first-order valence-corrected chi connectivity index (χ1v) is 7.18. The maximum Gasteiger partial charge on any atom is 0.325 e. The summed E-state index contributed by atoms with van der Waals surface area (Å²) in [6.45, 7) is 8.06. The van der Waals surface area contributed by atoms with Gasteiger partial charge < -0.3 is 15.0 Å². The van der Waals surface area contributed by atoms with Gasteiger partial charge >= 0.3 is 5.97 Å². The maximum atomic E-state index is 11.9. The zero-order valence-corrected chi connectivity index (χ0v) is 12.1. The summed E-state index contributed by atoms with van der Waals surface area (Å²) < 4.78 is 4.91. The van der Waals surface area contributed by atoms with Crippen LogP contribution in [-0.2, 0) is 9.53 Å². The molecule has 0 spiro atoms. The second-order valence-electron chi connectivity index (χ2n) is 5.36. The van der Waals surface area contributed by atoms with Gasteiger partial charge in [-0.1, -0.05) is 19.8 Å². The van der Waals surface area contributed by atoms with Crippen molar-refractivity contribution in [1.82, 2.24) is 10.2 Å². The van der Waals surface area contributed by atoms with Crippen molar-refractivity contribution in [3.8, 4) is 0 Å². The molecule has 106 valence electrons. The van der Waals surface area contributed by atoms with E-state index in [0.717, 1.165) is 19.5 Å². The van der Waals surface area contributed by atoms with Crippen molar-refractivity contribution in [2.24, 2.45) is 0 Å². The van der Waals surface area contributed by atoms with E-state index in [1.165, 1.54) is 45.9 Å². The molecule has 0 radical (unpaired) electrons. The van der Waals surface area contributed by atoms with Gasteiger partial charge in [0.25, 0.3) is 0 Å². The molecule has 0 aromatic carbocycles. The lowest BCUT2D eigenvalue weighted by Crippen LogP contribution is -2.52. The third-order valence-electron chi connectivity index (χ3n) is 3.83. The molecule has 0 aliphatic carbocycles. The van der Waals surface area contributed by atoms with E-state index in [9.17, 15) is 4.79 Å². The fourth-order valence-corrected chi connectivity index (χ4v) is 2.62. The molecule has 0 aromatic rings. The highest BCUT2D eigenvalue weighted by molar-refractivity contribution is 5.80. The van der Waals surface area contributed by atoms with Crippen LogP contribution in [0.1, 0.15) is 46.0 Å². The predicted molar refractivity (Wildman–Crippen MR) is 73.6 cm³/mol. The summed E-state index contributed by atoms with van der Waals surface area (Å²) in [5, 5.41) is 3.26. The van der Waals surface area contributed by atoms with Crippen LogP contribution in [0.4, 0.5) is 0 Å². The molecule has 1 saturated heterocycles. The quantitative estimate of drug-likeness (QED) is 0.736. The summed E-state index contributed by atoms with van der Waals surface area (Å²) >= 11 is 0. The van der Waals surface area contributed by atoms with Gasteiger partial charge in [0, 0.05) is 6.54 Å². The normalized spacial score (nSPS) is 21.1. The van der Waals surface area contributed by atoms with Crippen LogP contribution in [0.15, 0.2) is 0 Å². The van der Waals surface area contributed by atoms with Crippen LogP contribution in [-0.4, -0.2) is 49.7 Å². The Labute approximate surface area is 111 Å². The predicted octanol–water partition coefficient (Wildman–Crippen LogP) is 1.79. The number of nitrogens with one attached hydrogen (secondary N) is 1. The Morgan fingerprint density at radius 1 is 1.28 bits per heavy atom. The second-order valence-corrected chi connectivity index (χ2v) is 5.36. The molecule has 0 bridgehead atoms. The molecule has 0 saturated carbocycles. The number of likely N-dealkylation sites (N-methyl/N-ethyl adjacent to an activating group) is 1. The van der Waals surface area contributed by atoms with Crippen molar-refractivity contribution < 1.29 is 9.53 Å². The SMILES string of the molecule is CCNC(C)(CCN1CCCCCC1)C(=O)OC. The molecule has 4 heteroatoms. The Kier molecular flexibility index (Phi) is 6.65. The van der Waals surface area contributed by atoms with E-state index in [1.807, 2.05) is 13.8 Å². The van der Waals surface area contributed by atoms with Crippen molar-refractivity contribution in [3.63, 3.8) is 0 Å². The first-order chi connectivity index (χ1) is 8.62. The molecule has 1 fully saturated rings. The van der Waals surface area contributed by atoms with E-state index in [0.29, 0.717) is 0 Å². The summed E-state index contributed by atoms with van der Waals surface area (Å²) in [6.07, 6.45) is 6.08. The van der Waals surface area contributed by atoms with Gasteiger partial charge in [-0.05, 0) is 45.8 Å². The van der Waals surface area contributed by atoms with Crippen LogP contribution < -0.4 is 5.32 Å². The number of rotatable bonds is 6. The number of nitrogens with zero attached hydrogens (tertiary/aromatic N) is 1. The highest BCUT2D eigenvalue weighted by atomic mass is 16.5. The monoisotopic (exact) mass is 256 g/mol. The van der Waals surface area contributed by atoms with Gasteiger partial charge in [-0.25, -0.2) is 0 Å². The maximum absolute atomic E-state index is 11.9. The number of methoxy groups -OCH3 is 1. The minimum absolute atomic E-state index is 0.154. The van der Waals surface area contributed by atoms with Crippen LogP contribution in [0.25, 0.3) is 0 Å². The molecule has 1 unspecified atom stereocenters. The largest absolute Gasteiger partial charge is 0.468 e. The van der Waals surface area contributed by atoms with E-state index >= 15 is 0 Å². The number of esters is 1. The Bertz CT molecular complexity index is 250. The summed E-state index contributed by atoms with van der Waals surface area (Å²) in [5.41, 5.74) is -0.546. The van der Waals surface area contributed by atoms with Gasteiger partial charge in [-0.2, -0.15) is 0 Å². The molecule has 1 rings (SSSR count). The van der Waals surface area contributed by atoms with Crippen molar-refractivity contribution in [1.29, 1.82) is 0 Å².